The van der Waals surface area contributed by atoms with Crippen LogP contribution >= 0.6 is 24.8 Å². The summed E-state index contributed by atoms with van der Waals surface area (Å²) in [5, 5.41) is 3.04. The Hall–Kier alpha value is -0.810. The van der Waals surface area contributed by atoms with E-state index in [0.717, 1.165) is 31.4 Å². The molecule has 1 saturated heterocycles. The van der Waals surface area contributed by atoms with Crippen molar-refractivity contribution in [2.24, 2.45) is 11.7 Å². The molecule has 1 aromatic rings. The fourth-order valence-corrected chi connectivity index (χ4v) is 3.77. The second-order valence-corrected chi connectivity index (χ2v) is 7.07. The van der Waals surface area contributed by atoms with Crippen LogP contribution in [0.4, 0.5) is 0 Å². The summed E-state index contributed by atoms with van der Waals surface area (Å²) >= 11 is 0. The average molecular weight is 388 g/mol. The number of carbonyl (C=O) groups excluding carboxylic acids is 1. The van der Waals surface area contributed by atoms with Crippen LogP contribution in [0.3, 0.4) is 0 Å². The Kier molecular flexibility index (Phi) is 9.80. The molecule has 2 fully saturated rings. The van der Waals surface area contributed by atoms with Crippen molar-refractivity contribution in [1.82, 2.24) is 10.2 Å². The highest BCUT2D eigenvalue weighted by Gasteiger charge is 2.29. The first kappa shape index (κ1) is 22.2. The second kappa shape index (κ2) is 11.0. The molecule has 4 nitrogen and oxygen atoms in total. The minimum Gasteiger partial charge on any atom is -0.352 e. The molecule has 0 aromatic heterocycles. The van der Waals surface area contributed by atoms with Gasteiger partial charge in [0, 0.05) is 19.1 Å². The van der Waals surface area contributed by atoms with Crippen molar-refractivity contribution in [1.29, 1.82) is 0 Å². The van der Waals surface area contributed by atoms with Crippen LogP contribution in [0.1, 0.15) is 49.7 Å². The van der Waals surface area contributed by atoms with Gasteiger partial charge in [0.05, 0.1) is 5.92 Å². The Labute approximate surface area is 163 Å². The smallest absolute Gasteiger partial charge is 0.224 e. The maximum Gasteiger partial charge on any atom is 0.224 e. The van der Waals surface area contributed by atoms with E-state index in [4.69, 9.17) is 5.73 Å². The third kappa shape index (κ3) is 6.45. The van der Waals surface area contributed by atoms with E-state index in [1.54, 1.807) is 0 Å². The van der Waals surface area contributed by atoms with Gasteiger partial charge < -0.3 is 11.1 Å². The van der Waals surface area contributed by atoms with Crippen molar-refractivity contribution in [2.75, 3.05) is 13.1 Å². The molecule has 142 valence electrons. The summed E-state index contributed by atoms with van der Waals surface area (Å²) in [6.45, 7) is 4.09. The van der Waals surface area contributed by atoms with Gasteiger partial charge in [0.15, 0.2) is 0 Å². The third-order valence-electron chi connectivity index (χ3n) is 5.25. The van der Waals surface area contributed by atoms with Gasteiger partial charge in [-0.15, -0.1) is 24.8 Å². The molecule has 1 aliphatic heterocycles. The molecule has 3 rings (SSSR count). The molecule has 1 heterocycles. The highest BCUT2D eigenvalue weighted by Crippen LogP contribution is 2.24. The van der Waals surface area contributed by atoms with Crippen molar-refractivity contribution < 1.29 is 4.79 Å². The predicted molar refractivity (Wildman–Crippen MR) is 107 cm³/mol. The van der Waals surface area contributed by atoms with Gasteiger partial charge in [-0.05, 0) is 49.9 Å². The normalized spacial score (nSPS) is 23.4. The van der Waals surface area contributed by atoms with E-state index in [9.17, 15) is 4.79 Å². The number of hydrogen-bond donors (Lipinski definition) is 2. The lowest BCUT2D eigenvalue weighted by atomic mass is 10.0. The first-order chi connectivity index (χ1) is 11.2. The van der Waals surface area contributed by atoms with Crippen molar-refractivity contribution in [3.8, 4) is 0 Å². The number of amides is 1. The maximum atomic E-state index is 12.2. The van der Waals surface area contributed by atoms with Crippen LogP contribution in [-0.2, 0) is 17.9 Å². The lowest BCUT2D eigenvalue weighted by Gasteiger charge is -2.26. The van der Waals surface area contributed by atoms with Crippen LogP contribution in [0.2, 0.25) is 0 Å². The van der Waals surface area contributed by atoms with Gasteiger partial charge in [0.1, 0.15) is 0 Å². The largest absolute Gasteiger partial charge is 0.352 e. The standard InChI is InChI=1S/C19H29N3O.2ClH/c20-18-6-4-5-17(18)19(23)21-13-15-7-9-16(10-8-15)14-22-11-2-1-3-12-22;;/h7-10,17-18H,1-6,11-14,20H2,(H,21,23);2*1H. The Bertz CT molecular complexity index is 518. The number of halogens is 2. The predicted octanol–water partition coefficient (Wildman–Crippen LogP) is 3.26. The molecule has 1 saturated carbocycles. The van der Waals surface area contributed by atoms with Crippen molar-refractivity contribution in [3.05, 3.63) is 35.4 Å². The van der Waals surface area contributed by atoms with Crippen LogP contribution in [0.15, 0.2) is 24.3 Å². The van der Waals surface area contributed by atoms with E-state index in [1.807, 2.05) is 0 Å². The van der Waals surface area contributed by atoms with Gasteiger partial charge in [-0.2, -0.15) is 0 Å². The molecular formula is C19H31Cl2N3O. The van der Waals surface area contributed by atoms with Crippen molar-refractivity contribution >= 4 is 30.7 Å². The van der Waals surface area contributed by atoms with Crippen LogP contribution in [0.5, 0.6) is 0 Å². The first-order valence-corrected chi connectivity index (χ1v) is 9.06. The van der Waals surface area contributed by atoms with Crippen LogP contribution in [-0.4, -0.2) is 29.9 Å². The van der Waals surface area contributed by atoms with Gasteiger partial charge in [0.25, 0.3) is 0 Å². The average Bonchev–Trinajstić information content (AvgIpc) is 3.01. The maximum absolute atomic E-state index is 12.2. The topological polar surface area (TPSA) is 58.4 Å². The number of nitrogens with one attached hydrogen (secondary N) is 1. The van der Waals surface area contributed by atoms with E-state index < -0.39 is 0 Å². The van der Waals surface area contributed by atoms with Crippen LogP contribution in [0.25, 0.3) is 0 Å². The molecule has 2 unspecified atom stereocenters. The number of nitrogens with zero attached hydrogens (tertiary/aromatic N) is 1. The van der Waals surface area contributed by atoms with E-state index >= 15 is 0 Å². The van der Waals surface area contributed by atoms with E-state index in [-0.39, 0.29) is 42.7 Å². The highest BCUT2D eigenvalue weighted by molar-refractivity contribution is 5.85. The summed E-state index contributed by atoms with van der Waals surface area (Å²) in [7, 11) is 0. The summed E-state index contributed by atoms with van der Waals surface area (Å²) in [6.07, 6.45) is 7.01. The van der Waals surface area contributed by atoms with Gasteiger partial charge in [-0.1, -0.05) is 37.1 Å². The van der Waals surface area contributed by atoms with Gasteiger partial charge in [0.2, 0.25) is 5.91 Å². The highest BCUT2D eigenvalue weighted by atomic mass is 35.5. The number of carbonyl (C=O) groups is 1. The summed E-state index contributed by atoms with van der Waals surface area (Å²) in [6, 6.07) is 8.69. The fraction of sp³-hybridized carbons (Fsp3) is 0.632. The van der Waals surface area contributed by atoms with E-state index in [1.165, 1.54) is 37.9 Å². The van der Waals surface area contributed by atoms with Gasteiger partial charge in [-0.3, -0.25) is 9.69 Å². The molecule has 1 amide bonds. The Morgan fingerprint density at radius 3 is 2.24 bits per heavy atom. The molecule has 3 N–H and O–H groups in total. The lowest BCUT2D eigenvalue weighted by Crippen LogP contribution is -2.38. The second-order valence-electron chi connectivity index (χ2n) is 7.07. The van der Waals surface area contributed by atoms with E-state index in [0.29, 0.717) is 6.54 Å². The minimum absolute atomic E-state index is 0. The number of nitrogens with two attached hydrogens (primary N) is 1. The molecule has 1 aromatic carbocycles. The summed E-state index contributed by atoms with van der Waals surface area (Å²) in [4.78, 5) is 14.7. The number of likely N-dealkylation sites (tertiary alicyclic amines) is 1. The molecule has 1 aliphatic carbocycles. The van der Waals surface area contributed by atoms with Gasteiger partial charge in [-0.25, -0.2) is 0 Å². The number of rotatable bonds is 5. The number of hydrogen-bond acceptors (Lipinski definition) is 3. The lowest BCUT2D eigenvalue weighted by molar-refractivity contribution is -0.125. The first-order valence-electron chi connectivity index (χ1n) is 9.06. The van der Waals surface area contributed by atoms with Crippen molar-refractivity contribution in [2.45, 2.75) is 57.7 Å². The molecule has 25 heavy (non-hydrogen) atoms. The quantitative estimate of drug-likeness (QED) is 0.814. The SMILES string of the molecule is Cl.Cl.NC1CCCC1C(=O)NCc1ccc(CN2CCCCC2)cc1. The third-order valence-corrected chi connectivity index (χ3v) is 5.25. The monoisotopic (exact) mass is 387 g/mol. The van der Waals surface area contributed by atoms with Crippen LogP contribution < -0.4 is 11.1 Å². The summed E-state index contributed by atoms with van der Waals surface area (Å²) in [5.41, 5.74) is 8.51. The number of piperidine rings is 1. The Morgan fingerprint density at radius 2 is 1.64 bits per heavy atom. The summed E-state index contributed by atoms with van der Waals surface area (Å²) < 4.78 is 0. The minimum atomic E-state index is 0. The molecule has 6 heteroatoms. The zero-order valence-corrected chi connectivity index (χ0v) is 16.4. The zero-order chi connectivity index (χ0) is 16.1. The molecule has 2 atom stereocenters. The van der Waals surface area contributed by atoms with Crippen molar-refractivity contribution in [3.63, 3.8) is 0 Å². The molecule has 0 spiro atoms. The summed E-state index contributed by atoms with van der Waals surface area (Å²) in [5.74, 6) is 0.126. The molecule has 2 aliphatic rings. The molecule has 0 radical (unpaired) electrons. The zero-order valence-electron chi connectivity index (χ0n) is 14.8. The van der Waals surface area contributed by atoms with Gasteiger partial charge >= 0.3 is 0 Å². The fourth-order valence-electron chi connectivity index (χ4n) is 3.77. The molecular weight excluding hydrogens is 357 g/mol. The Balaban J connectivity index is 0.00000156. The molecule has 0 bridgehead atoms. The number of benzene rings is 1. The Morgan fingerprint density at radius 1 is 1.00 bits per heavy atom. The van der Waals surface area contributed by atoms with Crippen LogP contribution in [0, 0.1) is 5.92 Å². The van der Waals surface area contributed by atoms with E-state index in [2.05, 4.69) is 34.5 Å².